The molecule has 3 aromatic heterocycles. The van der Waals surface area contributed by atoms with Crippen molar-refractivity contribution in [3.05, 3.63) is 53.2 Å². The average molecular weight is 448 g/mol. The second-order valence-corrected chi connectivity index (χ2v) is 8.64. The van der Waals surface area contributed by atoms with Crippen LogP contribution in [0, 0.1) is 0 Å². The van der Waals surface area contributed by atoms with Gasteiger partial charge in [0, 0.05) is 36.9 Å². The van der Waals surface area contributed by atoms with Gasteiger partial charge in [-0.1, -0.05) is 19.4 Å². The normalized spacial score (nSPS) is 17.5. The van der Waals surface area contributed by atoms with Crippen LogP contribution in [0.1, 0.15) is 38.6 Å². The van der Waals surface area contributed by atoms with E-state index < -0.39 is 0 Å². The van der Waals surface area contributed by atoms with E-state index in [9.17, 15) is 4.79 Å². The number of hydrogen-bond acceptors (Lipinski definition) is 6. The highest BCUT2D eigenvalue weighted by Crippen LogP contribution is 2.31. The lowest BCUT2D eigenvalue weighted by Gasteiger charge is -2.23. The smallest absolute Gasteiger partial charge is 0.329 e. The maximum atomic E-state index is 13.2. The zero-order chi connectivity index (χ0) is 22.9. The van der Waals surface area contributed by atoms with Gasteiger partial charge < -0.3 is 9.47 Å². The summed E-state index contributed by atoms with van der Waals surface area (Å²) in [6.45, 7) is 3.37. The lowest BCUT2D eigenvalue weighted by Crippen LogP contribution is -2.31. The summed E-state index contributed by atoms with van der Waals surface area (Å²) in [7, 11) is 1.80. The van der Waals surface area contributed by atoms with Crippen LogP contribution in [-0.4, -0.2) is 38.5 Å². The summed E-state index contributed by atoms with van der Waals surface area (Å²) in [5.74, 6) is 0.513. The molecule has 5 rings (SSSR count). The van der Waals surface area contributed by atoms with E-state index in [-0.39, 0.29) is 18.0 Å². The molecule has 172 valence electrons. The lowest BCUT2D eigenvalue weighted by molar-refractivity contribution is 0.0593. The fourth-order valence-corrected chi connectivity index (χ4v) is 4.59. The highest BCUT2D eigenvalue weighted by atomic mass is 16.5. The van der Waals surface area contributed by atoms with E-state index in [1.807, 2.05) is 28.8 Å². The van der Waals surface area contributed by atoms with Crippen molar-refractivity contribution in [2.75, 3.05) is 13.2 Å². The molecular formula is C25H29N5O3. The van der Waals surface area contributed by atoms with E-state index in [2.05, 4.69) is 23.0 Å². The van der Waals surface area contributed by atoms with Crippen LogP contribution >= 0.6 is 0 Å². The van der Waals surface area contributed by atoms with E-state index in [0.717, 1.165) is 65.4 Å². The molecule has 0 saturated carbocycles. The molecule has 0 amide bonds. The maximum absolute atomic E-state index is 13.2. The fraction of sp³-hybridized carbons (Fsp3) is 0.400. The Morgan fingerprint density at radius 2 is 2.06 bits per heavy atom. The standard InChI is InChI=1S/C25H29N5O3/c1-3-5-22(26)33-23-10-8-17(13-28-23)16-7-9-20-19(12-16)24-21(14-27-20)29(2)25(31)30(24)18-6-4-11-32-15-18/h7-10,12-14,18,22H,3-6,11,15,26H2,1-2H3/t18-,22?/m0/s1. The quantitative estimate of drug-likeness (QED) is 0.452. The molecule has 2 N–H and O–H groups in total. The molecule has 1 aliphatic rings. The summed E-state index contributed by atoms with van der Waals surface area (Å²) in [4.78, 5) is 22.2. The molecule has 8 nitrogen and oxygen atoms in total. The van der Waals surface area contributed by atoms with E-state index in [4.69, 9.17) is 15.2 Å². The first kappa shape index (κ1) is 21.6. The molecule has 33 heavy (non-hydrogen) atoms. The highest BCUT2D eigenvalue weighted by Gasteiger charge is 2.23. The lowest BCUT2D eigenvalue weighted by atomic mass is 10.0. The van der Waals surface area contributed by atoms with Crippen molar-refractivity contribution in [3.63, 3.8) is 0 Å². The van der Waals surface area contributed by atoms with Crippen molar-refractivity contribution in [1.82, 2.24) is 19.1 Å². The van der Waals surface area contributed by atoms with Crippen molar-refractivity contribution < 1.29 is 9.47 Å². The second kappa shape index (κ2) is 8.96. The first-order chi connectivity index (χ1) is 16.1. The largest absolute Gasteiger partial charge is 0.459 e. The summed E-state index contributed by atoms with van der Waals surface area (Å²) in [5.41, 5.74) is 10.5. The van der Waals surface area contributed by atoms with Crippen molar-refractivity contribution >= 4 is 21.9 Å². The summed E-state index contributed by atoms with van der Waals surface area (Å²) in [6, 6.07) is 9.94. The number of hydrogen-bond donors (Lipinski definition) is 1. The number of nitrogens with zero attached hydrogens (tertiary/aromatic N) is 4. The zero-order valence-electron chi connectivity index (χ0n) is 19.0. The van der Waals surface area contributed by atoms with Gasteiger partial charge in [0.2, 0.25) is 5.88 Å². The van der Waals surface area contributed by atoms with Crippen LogP contribution in [0.3, 0.4) is 0 Å². The van der Waals surface area contributed by atoms with Gasteiger partial charge in [-0.05, 0) is 43.0 Å². The fourth-order valence-electron chi connectivity index (χ4n) is 4.59. The van der Waals surface area contributed by atoms with Crippen LogP contribution in [0.4, 0.5) is 0 Å². The Morgan fingerprint density at radius 1 is 1.21 bits per heavy atom. The first-order valence-electron chi connectivity index (χ1n) is 11.5. The molecule has 2 atom stereocenters. The van der Waals surface area contributed by atoms with Gasteiger partial charge in [0.25, 0.3) is 0 Å². The molecule has 1 aromatic carbocycles. The van der Waals surface area contributed by atoms with Gasteiger partial charge >= 0.3 is 5.69 Å². The molecule has 1 saturated heterocycles. The third-order valence-electron chi connectivity index (χ3n) is 6.33. The van der Waals surface area contributed by atoms with Crippen LogP contribution in [0.5, 0.6) is 5.88 Å². The number of ether oxygens (including phenoxy) is 2. The minimum absolute atomic E-state index is 0.0228. The van der Waals surface area contributed by atoms with Crippen molar-refractivity contribution in [3.8, 4) is 17.0 Å². The Hall–Kier alpha value is -3.23. The van der Waals surface area contributed by atoms with Gasteiger partial charge in [-0.25, -0.2) is 9.78 Å². The minimum Gasteiger partial charge on any atom is -0.459 e. The van der Waals surface area contributed by atoms with E-state index in [1.54, 1.807) is 24.0 Å². The van der Waals surface area contributed by atoms with Crippen molar-refractivity contribution in [1.29, 1.82) is 0 Å². The Balaban J connectivity index is 1.59. The predicted octanol–water partition coefficient (Wildman–Crippen LogP) is 3.77. The highest BCUT2D eigenvalue weighted by molar-refractivity contribution is 6.04. The Kier molecular flexibility index (Phi) is 5.86. The third kappa shape index (κ3) is 4.00. The number of rotatable bonds is 6. The van der Waals surface area contributed by atoms with Crippen LogP contribution < -0.4 is 16.2 Å². The monoisotopic (exact) mass is 447 g/mol. The zero-order valence-corrected chi connectivity index (χ0v) is 19.0. The van der Waals surface area contributed by atoms with Gasteiger partial charge in [0.05, 0.1) is 35.4 Å². The molecule has 8 heteroatoms. The molecule has 1 unspecified atom stereocenters. The molecule has 0 aliphatic carbocycles. The molecule has 1 aliphatic heterocycles. The van der Waals surface area contributed by atoms with Gasteiger partial charge in [-0.3, -0.25) is 19.9 Å². The maximum Gasteiger partial charge on any atom is 0.329 e. The molecule has 0 spiro atoms. The van der Waals surface area contributed by atoms with E-state index in [0.29, 0.717) is 12.5 Å². The molecule has 1 fully saturated rings. The van der Waals surface area contributed by atoms with Gasteiger partial charge in [0.1, 0.15) is 6.23 Å². The number of aryl methyl sites for hydroxylation is 1. The van der Waals surface area contributed by atoms with Crippen molar-refractivity contribution in [2.24, 2.45) is 12.8 Å². The average Bonchev–Trinajstić information content (AvgIpc) is 3.10. The van der Waals surface area contributed by atoms with Crippen LogP contribution in [0.15, 0.2) is 47.5 Å². The molecule has 4 heterocycles. The molecule has 4 aromatic rings. The van der Waals surface area contributed by atoms with Gasteiger partial charge in [0.15, 0.2) is 0 Å². The number of benzene rings is 1. The minimum atomic E-state index is -0.355. The number of pyridine rings is 2. The SMILES string of the molecule is CCCC(N)Oc1ccc(-c2ccc3ncc4c(c3c2)n([C@H]2CCCOC2)c(=O)n4C)cn1. The summed E-state index contributed by atoms with van der Waals surface area (Å²) >= 11 is 0. The summed E-state index contributed by atoms with van der Waals surface area (Å²) < 4.78 is 14.9. The van der Waals surface area contributed by atoms with Crippen LogP contribution in [0.25, 0.3) is 33.1 Å². The number of aromatic nitrogens is 4. The van der Waals surface area contributed by atoms with E-state index in [1.165, 1.54) is 0 Å². The van der Waals surface area contributed by atoms with Gasteiger partial charge in [-0.15, -0.1) is 0 Å². The summed E-state index contributed by atoms with van der Waals surface area (Å²) in [5, 5.41) is 0.943. The molecular weight excluding hydrogens is 418 g/mol. The Bertz CT molecular complexity index is 1340. The number of nitrogens with two attached hydrogens (primary N) is 1. The second-order valence-electron chi connectivity index (χ2n) is 8.64. The van der Waals surface area contributed by atoms with Gasteiger partial charge in [-0.2, -0.15) is 0 Å². The molecule has 0 radical (unpaired) electrons. The topological polar surface area (TPSA) is 97.2 Å². The number of fused-ring (bicyclic) bond motifs is 3. The first-order valence-corrected chi connectivity index (χ1v) is 11.5. The third-order valence-corrected chi connectivity index (χ3v) is 6.33. The molecule has 0 bridgehead atoms. The Morgan fingerprint density at radius 3 is 2.79 bits per heavy atom. The number of imidazole rings is 1. The van der Waals surface area contributed by atoms with Crippen LogP contribution in [-0.2, 0) is 11.8 Å². The van der Waals surface area contributed by atoms with Crippen molar-refractivity contribution in [2.45, 2.75) is 44.9 Å². The predicted molar refractivity (Wildman–Crippen MR) is 128 cm³/mol. The van der Waals surface area contributed by atoms with Crippen LogP contribution in [0.2, 0.25) is 0 Å². The Labute approximate surface area is 192 Å². The summed E-state index contributed by atoms with van der Waals surface area (Å²) in [6.07, 6.45) is 6.82. The van der Waals surface area contributed by atoms with E-state index >= 15 is 0 Å².